The van der Waals surface area contributed by atoms with Crippen LogP contribution in [0.5, 0.6) is 0 Å². The molecule has 0 aromatic carbocycles. The lowest BCUT2D eigenvalue weighted by Gasteiger charge is -2.23. The van der Waals surface area contributed by atoms with E-state index in [1.165, 1.54) is 0 Å². The average Bonchev–Trinajstić information content (AvgIpc) is 3.09. The summed E-state index contributed by atoms with van der Waals surface area (Å²) in [7, 11) is 0. The molecule has 2 rings (SSSR count). The normalized spacial score (nSPS) is 13.6. The fourth-order valence-electron chi connectivity index (χ4n) is 2.88. The van der Waals surface area contributed by atoms with Crippen molar-refractivity contribution in [2.75, 3.05) is 18.5 Å². The minimum atomic E-state index is -0.896. The Bertz CT molecular complexity index is 710. The Morgan fingerprint density at radius 2 is 2.15 bits per heavy atom. The molecule has 2 unspecified atom stereocenters. The molecule has 0 saturated carbocycles. The molecule has 0 saturated heterocycles. The van der Waals surface area contributed by atoms with Gasteiger partial charge in [-0.05, 0) is 36.5 Å². The standard InChI is InChI=1S/C16H23ClN6O3/c1-9(2)5-12(16(25)26)11(15-20-22-23-21-15)6-10-7-13(17)19-14(8-10)18-3-4-24/h7-9,11-12,24H,3-6H2,1-2H3,(H,18,19)(H,25,26)(H,20,21,22,23). The topological polar surface area (TPSA) is 137 Å². The van der Waals surface area contributed by atoms with Gasteiger partial charge in [-0.1, -0.05) is 30.7 Å². The van der Waals surface area contributed by atoms with Gasteiger partial charge in [-0.15, -0.1) is 10.2 Å². The molecule has 0 radical (unpaired) electrons. The maximum absolute atomic E-state index is 11.9. The third kappa shape index (κ3) is 5.63. The van der Waals surface area contributed by atoms with Gasteiger partial charge in [0.15, 0.2) is 5.82 Å². The first-order valence-electron chi connectivity index (χ1n) is 8.38. The number of aromatic amines is 1. The maximum atomic E-state index is 11.9. The molecule has 4 N–H and O–H groups in total. The zero-order valence-corrected chi connectivity index (χ0v) is 15.4. The van der Waals surface area contributed by atoms with Crippen molar-refractivity contribution in [3.05, 3.63) is 28.7 Å². The molecule has 2 aromatic rings. The minimum absolute atomic E-state index is 0.0372. The Balaban J connectivity index is 2.32. The van der Waals surface area contributed by atoms with Gasteiger partial charge in [-0.25, -0.2) is 4.98 Å². The summed E-state index contributed by atoms with van der Waals surface area (Å²) in [5.74, 6) is -0.938. The second-order valence-electron chi connectivity index (χ2n) is 6.49. The van der Waals surface area contributed by atoms with Crippen LogP contribution in [0.2, 0.25) is 5.15 Å². The molecule has 0 aliphatic carbocycles. The van der Waals surface area contributed by atoms with E-state index < -0.39 is 17.8 Å². The van der Waals surface area contributed by atoms with Crippen LogP contribution in [-0.2, 0) is 11.2 Å². The molecular formula is C16H23ClN6O3. The summed E-state index contributed by atoms with van der Waals surface area (Å²) in [5, 5.41) is 35.9. The summed E-state index contributed by atoms with van der Waals surface area (Å²) in [5.41, 5.74) is 0.801. The molecule has 10 heteroatoms. The SMILES string of the molecule is CC(C)CC(C(=O)O)C(Cc1cc(Cl)nc(NCCO)c1)c1nn[nH]n1. The van der Waals surface area contributed by atoms with Gasteiger partial charge in [-0.2, -0.15) is 5.21 Å². The predicted molar refractivity (Wildman–Crippen MR) is 96.0 cm³/mol. The van der Waals surface area contributed by atoms with E-state index in [-0.39, 0.29) is 17.7 Å². The summed E-state index contributed by atoms with van der Waals surface area (Å²) >= 11 is 6.08. The number of aliphatic hydroxyl groups excluding tert-OH is 1. The van der Waals surface area contributed by atoms with Gasteiger partial charge in [-0.3, -0.25) is 4.79 Å². The number of nitrogens with one attached hydrogen (secondary N) is 2. The zero-order chi connectivity index (χ0) is 19.1. The Morgan fingerprint density at radius 1 is 1.38 bits per heavy atom. The molecule has 2 heterocycles. The number of aliphatic carboxylic acids is 1. The number of pyridine rings is 1. The van der Waals surface area contributed by atoms with Crippen molar-refractivity contribution >= 4 is 23.4 Å². The van der Waals surface area contributed by atoms with Crippen LogP contribution >= 0.6 is 11.6 Å². The molecular weight excluding hydrogens is 360 g/mol. The largest absolute Gasteiger partial charge is 0.481 e. The Kier molecular flexibility index (Phi) is 7.28. The van der Waals surface area contributed by atoms with Crippen LogP contribution < -0.4 is 5.32 Å². The highest BCUT2D eigenvalue weighted by Gasteiger charge is 2.33. The van der Waals surface area contributed by atoms with E-state index in [9.17, 15) is 9.90 Å². The highest BCUT2D eigenvalue weighted by atomic mass is 35.5. The first-order chi connectivity index (χ1) is 12.4. The Labute approximate surface area is 156 Å². The molecule has 26 heavy (non-hydrogen) atoms. The first-order valence-corrected chi connectivity index (χ1v) is 8.75. The Morgan fingerprint density at radius 3 is 2.73 bits per heavy atom. The van der Waals surface area contributed by atoms with E-state index in [1.807, 2.05) is 13.8 Å². The first kappa shape index (κ1) is 20.1. The molecule has 0 bridgehead atoms. The van der Waals surface area contributed by atoms with Gasteiger partial charge in [0.25, 0.3) is 0 Å². The number of aromatic nitrogens is 5. The van der Waals surface area contributed by atoms with Crippen LogP contribution in [0.25, 0.3) is 0 Å². The lowest BCUT2D eigenvalue weighted by Crippen LogP contribution is -2.26. The zero-order valence-electron chi connectivity index (χ0n) is 14.7. The number of hydrogen-bond acceptors (Lipinski definition) is 7. The highest BCUT2D eigenvalue weighted by molar-refractivity contribution is 6.29. The smallest absolute Gasteiger partial charge is 0.307 e. The van der Waals surface area contributed by atoms with Gasteiger partial charge in [0.05, 0.1) is 12.5 Å². The van der Waals surface area contributed by atoms with E-state index in [1.54, 1.807) is 12.1 Å². The van der Waals surface area contributed by atoms with Crippen molar-refractivity contribution in [3.63, 3.8) is 0 Å². The number of H-pyrrole nitrogens is 1. The maximum Gasteiger partial charge on any atom is 0.307 e. The number of aliphatic hydroxyl groups is 1. The number of nitrogens with zero attached hydrogens (tertiary/aromatic N) is 4. The summed E-state index contributed by atoms with van der Waals surface area (Å²) in [6.45, 7) is 4.25. The predicted octanol–water partition coefficient (Wildman–Crippen LogP) is 1.73. The third-order valence-corrected chi connectivity index (χ3v) is 4.14. The fourth-order valence-corrected chi connectivity index (χ4v) is 3.11. The van der Waals surface area contributed by atoms with Gasteiger partial charge in [0.1, 0.15) is 11.0 Å². The highest BCUT2D eigenvalue weighted by Crippen LogP contribution is 2.32. The second-order valence-corrected chi connectivity index (χ2v) is 6.88. The van der Waals surface area contributed by atoms with Crippen LogP contribution in [0, 0.1) is 11.8 Å². The summed E-state index contributed by atoms with van der Waals surface area (Å²) in [4.78, 5) is 16.0. The number of tetrazole rings is 1. The van der Waals surface area contributed by atoms with Gasteiger partial charge in [0, 0.05) is 12.5 Å². The molecule has 0 spiro atoms. The fraction of sp³-hybridized carbons (Fsp3) is 0.562. The lowest BCUT2D eigenvalue weighted by molar-refractivity contribution is -0.143. The molecule has 0 aliphatic heterocycles. The molecule has 2 atom stereocenters. The number of carbonyl (C=O) groups is 1. The monoisotopic (exact) mass is 382 g/mol. The van der Waals surface area contributed by atoms with Gasteiger partial charge >= 0.3 is 5.97 Å². The molecule has 142 valence electrons. The van der Waals surface area contributed by atoms with Crippen molar-refractivity contribution in [1.82, 2.24) is 25.6 Å². The summed E-state index contributed by atoms with van der Waals surface area (Å²) < 4.78 is 0. The van der Waals surface area contributed by atoms with Crippen molar-refractivity contribution in [2.45, 2.75) is 32.6 Å². The number of hydrogen-bond donors (Lipinski definition) is 4. The van der Waals surface area contributed by atoms with Crippen molar-refractivity contribution in [2.24, 2.45) is 11.8 Å². The number of rotatable bonds is 10. The van der Waals surface area contributed by atoms with Gasteiger partial charge in [0.2, 0.25) is 0 Å². The van der Waals surface area contributed by atoms with Crippen LogP contribution in [0.4, 0.5) is 5.82 Å². The summed E-state index contributed by atoms with van der Waals surface area (Å²) in [6, 6.07) is 3.47. The van der Waals surface area contributed by atoms with E-state index >= 15 is 0 Å². The molecule has 2 aromatic heterocycles. The van der Waals surface area contributed by atoms with E-state index in [2.05, 4.69) is 30.9 Å². The van der Waals surface area contributed by atoms with E-state index in [0.29, 0.717) is 31.0 Å². The van der Waals surface area contributed by atoms with Crippen molar-refractivity contribution in [3.8, 4) is 0 Å². The van der Waals surface area contributed by atoms with Crippen LogP contribution in [-0.4, -0.2) is 54.9 Å². The number of carboxylic acid groups (broad SMARTS) is 1. The second kappa shape index (κ2) is 9.44. The molecule has 0 aliphatic rings. The van der Waals surface area contributed by atoms with Crippen LogP contribution in [0.3, 0.4) is 0 Å². The quantitative estimate of drug-likeness (QED) is 0.456. The number of halogens is 1. The van der Waals surface area contributed by atoms with Crippen molar-refractivity contribution in [1.29, 1.82) is 0 Å². The lowest BCUT2D eigenvalue weighted by atomic mass is 9.81. The molecule has 0 amide bonds. The van der Waals surface area contributed by atoms with Crippen LogP contribution in [0.1, 0.15) is 37.6 Å². The molecule has 9 nitrogen and oxygen atoms in total. The van der Waals surface area contributed by atoms with Crippen molar-refractivity contribution < 1.29 is 15.0 Å². The number of anilines is 1. The summed E-state index contributed by atoms with van der Waals surface area (Å²) in [6.07, 6.45) is 0.863. The minimum Gasteiger partial charge on any atom is -0.481 e. The molecule has 0 fully saturated rings. The van der Waals surface area contributed by atoms with E-state index in [4.69, 9.17) is 16.7 Å². The average molecular weight is 383 g/mol. The van der Waals surface area contributed by atoms with Crippen LogP contribution in [0.15, 0.2) is 12.1 Å². The third-order valence-electron chi connectivity index (χ3n) is 3.95. The van der Waals surface area contributed by atoms with E-state index in [0.717, 1.165) is 5.56 Å². The number of carboxylic acids is 1. The Hall–Kier alpha value is -2.26. The van der Waals surface area contributed by atoms with Gasteiger partial charge < -0.3 is 15.5 Å².